The van der Waals surface area contributed by atoms with Crippen LogP contribution in [0.2, 0.25) is 0 Å². The number of carbonyl (C=O) groups is 2. The maximum Gasteiger partial charge on any atom is 0.225 e. The first kappa shape index (κ1) is 14.2. The van der Waals surface area contributed by atoms with Gasteiger partial charge in [-0.1, -0.05) is 6.07 Å². The van der Waals surface area contributed by atoms with Crippen molar-refractivity contribution < 1.29 is 9.59 Å². The number of nitrogens with one attached hydrogen (secondary N) is 1. The molecule has 7 nitrogen and oxygen atoms in total. The van der Waals surface area contributed by atoms with Crippen LogP contribution in [0.5, 0.6) is 0 Å². The SMILES string of the molecule is CN1CC(C(=O)NCc2cccnc2-n2cccn2)CC1=O. The lowest BCUT2D eigenvalue weighted by molar-refractivity contribution is -0.128. The van der Waals surface area contributed by atoms with Gasteiger partial charge in [0, 0.05) is 50.7 Å². The summed E-state index contributed by atoms with van der Waals surface area (Å²) in [6, 6.07) is 5.54. The Hall–Kier alpha value is -2.70. The molecule has 3 rings (SSSR count). The molecular formula is C15H17N5O2. The minimum absolute atomic E-state index is 0.0127. The number of likely N-dealkylation sites (tertiary alicyclic amines) is 1. The zero-order valence-electron chi connectivity index (χ0n) is 12.3. The summed E-state index contributed by atoms with van der Waals surface area (Å²) in [5.74, 6) is 0.321. The molecule has 0 saturated carbocycles. The van der Waals surface area contributed by atoms with Crippen LogP contribution in [0.1, 0.15) is 12.0 Å². The smallest absolute Gasteiger partial charge is 0.225 e. The summed E-state index contributed by atoms with van der Waals surface area (Å²) < 4.78 is 1.66. The van der Waals surface area contributed by atoms with Crippen molar-refractivity contribution in [2.45, 2.75) is 13.0 Å². The van der Waals surface area contributed by atoms with Crippen LogP contribution in [0.3, 0.4) is 0 Å². The molecule has 3 heterocycles. The Morgan fingerprint density at radius 3 is 2.95 bits per heavy atom. The maximum atomic E-state index is 12.2. The lowest BCUT2D eigenvalue weighted by Crippen LogP contribution is -2.32. The van der Waals surface area contributed by atoms with Gasteiger partial charge in [-0.05, 0) is 12.1 Å². The molecule has 0 radical (unpaired) electrons. The van der Waals surface area contributed by atoms with E-state index in [-0.39, 0.29) is 24.2 Å². The lowest BCUT2D eigenvalue weighted by atomic mass is 10.1. The molecule has 1 aliphatic rings. The van der Waals surface area contributed by atoms with E-state index in [0.29, 0.717) is 18.9 Å². The standard InChI is InChI=1S/C15H17N5O2/c1-19-10-12(8-13(19)21)15(22)17-9-11-4-2-5-16-14(11)20-7-3-6-18-20/h2-7,12H,8-10H2,1H3,(H,17,22). The maximum absolute atomic E-state index is 12.2. The number of aromatic nitrogens is 3. The fourth-order valence-electron chi connectivity index (χ4n) is 2.53. The zero-order valence-corrected chi connectivity index (χ0v) is 12.3. The van der Waals surface area contributed by atoms with E-state index in [0.717, 1.165) is 5.56 Å². The molecule has 2 aromatic heterocycles. The molecule has 1 unspecified atom stereocenters. The number of hydrogen-bond donors (Lipinski definition) is 1. The van der Waals surface area contributed by atoms with Gasteiger partial charge in [0.05, 0.1) is 5.92 Å². The van der Waals surface area contributed by atoms with E-state index in [9.17, 15) is 9.59 Å². The van der Waals surface area contributed by atoms with E-state index in [1.807, 2.05) is 18.2 Å². The second-order valence-electron chi connectivity index (χ2n) is 5.33. The third-order valence-electron chi connectivity index (χ3n) is 3.75. The first-order valence-electron chi connectivity index (χ1n) is 7.10. The fraction of sp³-hybridized carbons (Fsp3) is 0.333. The number of rotatable bonds is 4. The van der Waals surface area contributed by atoms with Gasteiger partial charge in [-0.2, -0.15) is 5.10 Å². The lowest BCUT2D eigenvalue weighted by Gasteiger charge is -2.12. The van der Waals surface area contributed by atoms with E-state index in [1.54, 1.807) is 35.2 Å². The minimum Gasteiger partial charge on any atom is -0.352 e. The number of pyridine rings is 1. The monoisotopic (exact) mass is 299 g/mol. The van der Waals surface area contributed by atoms with Crippen molar-refractivity contribution in [1.82, 2.24) is 25.0 Å². The van der Waals surface area contributed by atoms with Gasteiger partial charge in [0.2, 0.25) is 11.8 Å². The first-order valence-corrected chi connectivity index (χ1v) is 7.10. The summed E-state index contributed by atoms with van der Waals surface area (Å²) in [4.78, 5) is 29.6. The molecule has 2 aromatic rings. The van der Waals surface area contributed by atoms with Crippen molar-refractivity contribution in [2.75, 3.05) is 13.6 Å². The molecule has 114 valence electrons. The van der Waals surface area contributed by atoms with Crippen molar-refractivity contribution in [1.29, 1.82) is 0 Å². The van der Waals surface area contributed by atoms with Gasteiger partial charge in [0.25, 0.3) is 0 Å². The molecule has 2 amide bonds. The van der Waals surface area contributed by atoms with Crippen LogP contribution in [-0.2, 0) is 16.1 Å². The summed E-state index contributed by atoms with van der Waals surface area (Å²) in [5.41, 5.74) is 0.872. The predicted molar refractivity (Wildman–Crippen MR) is 78.9 cm³/mol. The molecule has 22 heavy (non-hydrogen) atoms. The van der Waals surface area contributed by atoms with Crippen LogP contribution >= 0.6 is 0 Å². The second kappa shape index (κ2) is 5.97. The molecule has 0 spiro atoms. The van der Waals surface area contributed by atoms with Crippen LogP contribution in [0, 0.1) is 5.92 Å². The van der Waals surface area contributed by atoms with E-state index in [2.05, 4.69) is 15.4 Å². The molecule has 1 atom stereocenters. The number of hydrogen-bond acceptors (Lipinski definition) is 4. The van der Waals surface area contributed by atoms with E-state index in [4.69, 9.17) is 0 Å². The Balaban J connectivity index is 1.67. The largest absolute Gasteiger partial charge is 0.352 e. The summed E-state index contributed by atoms with van der Waals surface area (Å²) in [7, 11) is 1.71. The second-order valence-corrected chi connectivity index (χ2v) is 5.33. The van der Waals surface area contributed by atoms with Crippen molar-refractivity contribution in [3.8, 4) is 5.82 Å². The molecule has 0 aromatic carbocycles. The average molecular weight is 299 g/mol. The predicted octanol–water partition coefficient (Wildman–Crippen LogP) is 0.362. The van der Waals surface area contributed by atoms with Crippen LogP contribution in [0.25, 0.3) is 5.82 Å². The number of nitrogens with zero attached hydrogens (tertiary/aromatic N) is 4. The molecular weight excluding hydrogens is 282 g/mol. The van der Waals surface area contributed by atoms with Gasteiger partial charge in [-0.15, -0.1) is 0 Å². The van der Waals surface area contributed by atoms with Gasteiger partial charge < -0.3 is 10.2 Å². The first-order chi connectivity index (χ1) is 10.6. The van der Waals surface area contributed by atoms with Crippen LogP contribution in [0.4, 0.5) is 0 Å². The molecule has 1 N–H and O–H groups in total. The highest BCUT2D eigenvalue weighted by Gasteiger charge is 2.31. The zero-order chi connectivity index (χ0) is 15.5. The van der Waals surface area contributed by atoms with E-state index >= 15 is 0 Å². The highest BCUT2D eigenvalue weighted by molar-refractivity contribution is 5.89. The molecule has 1 aliphatic heterocycles. The summed E-state index contributed by atoms with van der Waals surface area (Å²) >= 11 is 0. The molecule has 7 heteroatoms. The van der Waals surface area contributed by atoms with Gasteiger partial charge in [-0.3, -0.25) is 9.59 Å². The average Bonchev–Trinajstić information content (AvgIpc) is 3.16. The minimum atomic E-state index is -0.276. The van der Waals surface area contributed by atoms with E-state index < -0.39 is 0 Å². The molecule has 0 aliphatic carbocycles. The Bertz CT molecular complexity index is 683. The van der Waals surface area contributed by atoms with Crippen LogP contribution in [0.15, 0.2) is 36.8 Å². The van der Waals surface area contributed by atoms with Gasteiger partial charge in [-0.25, -0.2) is 9.67 Å². The number of amides is 2. The van der Waals surface area contributed by atoms with Gasteiger partial charge in [0.15, 0.2) is 5.82 Å². The Morgan fingerprint density at radius 2 is 2.27 bits per heavy atom. The fourth-order valence-corrected chi connectivity index (χ4v) is 2.53. The Labute approximate surface area is 127 Å². The number of carbonyl (C=O) groups excluding carboxylic acids is 2. The van der Waals surface area contributed by atoms with Crippen molar-refractivity contribution >= 4 is 11.8 Å². The van der Waals surface area contributed by atoms with Crippen molar-refractivity contribution in [2.24, 2.45) is 5.92 Å². The quantitative estimate of drug-likeness (QED) is 0.884. The van der Waals surface area contributed by atoms with Gasteiger partial charge in [0.1, 0.15) is 0 Å². The molecule has 0 bridgehead atoms. The molecule has 1 saturated heterocycles. The topological polar surface area (TPSA) is 80.1 Å². The highest BCUT2D eigenvalue weighted by atomic mass is 16.2. The van der Waals surface area contributed by atoms with Crippen molar-refractivity contribution in [3.63, 3.8) is 0 Å². The Kier molecular flexibility index (Phi) is 3.86. The highest BCUT2D eigenvalue weighted by Crippen LogP contribution is 2.16. The van der Waals surface area contributed by atoms with Crippen molar-refractivity contribution in [3.05, 3.63) is 42.4 Å². The summed E-state index contributed by atoms with van der Waals surface area (Å²) in [5, 5.41) is 7.05. The third kappa shape index (κ3) is 2.83. The normalized spacial score (nSPS) is 17.8. The molecule has 1 fully saturated rings. The van der Waals surface area contributed by atoms with Crippen LogP contribution in [-0.4, -0.2) is 45.1 Å². The van der Waals surface area contributed by atoms with Gasteiger partial charge >= 0.3 is 0 Å². The summed E-state index contributed by atoms with van der Waals surface area (Å²) in [6.45, 7) is 0.833. The van der Waals surface area contributed by atoms with E-state index in [1.165, 1.54) is 0 Å². The third-order valence-corrected chi connectivity index (χ3v) is 3.75. The Morgan fingerprint density at radius 1 is 1.41 bits per heavy atom. The van der Waals surface area contributed by atoms with Crippen LogP contribution < -0.4 is 5.32 Å². The summed E-state index contributed by atoms with van der Waals surface area (Å²) in [6.07, 6.45) is 5.45.